The van der Waals surface area contributed by atoms with Gasteiger partial charge in [0.15, 0.2) is 0 Å². The van der Waals surface area contributed by atoms with Crippen molar-refractivity contribution in [2.24, 2.45) is 7.05 Å². The molecule has 0 bridgehead atoms. The summed E-state index contributed by atoms with van der Waals surface area (Å²) in [4.78, 5) is 25.5. The lowest BCUT2D eigenvalue weighted by Crippen LogP contribution is -2.23. The molecule has 1 amide bonds. The molecular weight excluding hydrogens is 426 g/mol. The zero-order chi connectivity index (χ0) is 22.5. The van der Waals surface area contributed by atoms with Crippen molar-refractivity contribution < 1.29 is 4.79 Å². The predicted molar refractivity (Wildman–Crippen MR) is 123 cm³/mol. The van der Waals surface area contributed by atoms with E-state index < -0.39 is 0 Å². The molecule has 2 aromatic carbocycles. The molecule has 0 saturated heterocycles. The monoisotopic (exact) mass is 449 g/mol. The van der Waals surface area contributed by atoms with Gasteiger partial charge in [-0.15, -0.1) is 5.10 Å². The van der Waals surface area contributed by atoms with Crippen LogP contribution >= 0.6 is 11.8 Å². The van der Waals surface area contributed by atoms with Gasteiger partial charge in [0.25, 0.3) is 5.56 Å². The first-order valence-corrected chi connectivity index (χ1v) is 11.1. The van der Waals surface area contributed by atoms with Crippen molar-refractivity contribution in [2.45, 2.75) is 25.0 Å². The van der Waals surface area contributed by atoms with Gasteiger partial charge in [-0.25, -0.2) is 9.36 Å². The van der Waals surface area contributed by atoms with Gasteiger partial charge >= 0.3 is 0 Å². The summed E-state index contributed by atoms with van der Waals surface area (Å²) in [5.41, 5.74) is 2.55. The number of carbonyl (C=O) groups is 1. The van der Waals surface area contributed by atoms with Crippen molar-refractivity contribution in [3.8, 4) is 5.69 Å². The summed E-state index contributed by atoms with van der Waals surface area (Å²) in [6.07, 6.45) is 0.224. The molecule has 0 aliphatic heterocycles. The molecule has 2 aromatic heterocycles. The van der Waals surface area contributed by atoms with Gasteiger partial charge in [-0.3, -0.25) is 14.3 Å². The van der Waals surface area contributed by atoms with Crippen molar-refractivity contribution in [1.29, 1.82) is 0 Å². The highest BCUT2D eigenvalue weighted by molar-refractivity contribution is 7.99. The Balaban J connectivity index is 1.38. The van der Waals surface area contributed by atoms with Crippen molar-refractivity contribution in [2.75, 3.05) is 11.1 Å². The summed E-state index contributed by atoms with van der Waals surface area (Å²) < 4.78 is 4.98. The van der Waals surface area contributed by atoms with Crippen LogP contribution in [0.4, 0.5) is 5.69 Å². The Labute approximate surface area is 189 Å². The first-order valence-electron chi connectivity index (χ1n) is 10.1. The molecule has 0 radical (unpaired) electrons. The summed E-state index contributed by atoms with van der Waals surface area (Å²) in [6, 6.07) is 19.2. The number of hydrogen-bond acceptors (Lipinski definition) is 6. The standard InChI is InChI=1S/C22H23N7O2S/c1-16-20(21(31)29(27(16)2)18-11-7-4-8-12-18)23-19(30)13-14-32-22-24-25-26-28(22)15-17-9-5-3-6-10-17/h3-12H,13-15H2,1-2H3,(H,23,30). The summed E-state index contributed by atoms with van der Waals surface area (Å²) in [5.74, 6) is 0.255. The third-order valence-electron chi connectivity index (χ3n) is 5.05. The van der Waals surface area contributed by atoms with E-state index in [0.29, 0.717) is 28.8 Å². The van der Waals surface area contributed by atoms with Gasteiger partial charge < -0.3 is 5.32 Å². The molecule has 1 N–H and O–H groups in total. The summed E-state index contributed by atoms with van der Waals surface area (Å²) in [7, 11) is 1.79. The summed E-state index contributed by atoms with van der Waals surface area (Å²) >= 11 is 1.40. The third-order valence-corrected chi connectivity index (χ3v) is 6.01. The van der Waals surface area contributed by atoms with Gasteiger partial charge in [0, 0.05) is 19.2 Å². The minimum Gasteiger partial charge on any atom is -0.320 e. The number of nitrogens with zero attached hydrogens (tertiary/aromatic N) is 6. The molecule has 4 rings (SSSR count). The quantitative estimate of drug-likeness (QED) is 0.415. The van der Waals surface area contributed by atoms with E-state index in [1.807, 2.05) is 67.6 Å². The number of rotatable bonds is 8. The van der Waals surface area contributed by atoms with Crippen molar-refractivity contribution >= 4 is 23.4 Å². The van der Waals surface area contributed by atoms with Gasteiger partial charge in [-0.05, 0) is 35.0 Å². The first kappa shape index (κ1) is 21.6. The van der Waals surface area contributed by atoms with Crippen molar-refractivity contribution in [1.82, 2.24) is 29.6 Å². The molecular formula is C22H23N7O2S. The second kappa shape index (κ2) is 9.65. The van der Waals surface area contributed by atoms with E-state index in [0.717, 1.165) is 11.3 Å². The summed E-state index contributed by atoms with van der Waals surface area (Å²) in [6.45, 7) is 2.37. The Morgan fingerprint density at radius 1 is 1.06 bits per heavy atom. The van der Waals surface area contributed by atoms with E-state index in [1.54, 1.807) is 16.4 Å². The number of thioether (sulfide) groups is 1. The fraction of sp³-hybridized carbons (Fsp3) is 0.227. The maximum Gasteiger partial charge on any atom is 0.295 e. The highest BCUT2D eigenvalue weighted by atomic mass is 32.2. The first-order chi connectivity index (χ1) is 15.5. The van der Waals surface area contributed by atoms with E-state index in [9.17, 15) is 9.59 Å². The van der Waals surface area contributed by atoms with Crippen LogP contribution in [0.3, 0.4) is 0 Å². The van der Waals surface area contributed by atoms with Gasteiger partial charge in [-0.2, -0.15) is 0 Å². The number of aromatic nitrogens is 6. The highest BCUT2D eigenvalue weighted by Crippen LogP contribution is 2.18. The van der Waals surface area contributed by atoms with Crippen LogP contribution in [0.5, 0.6) is 0 Å². The largest absolute Gasteiger partial charge is 0.320 e. The number of nitrogens with one attached hydrogen (secondary N) is 1. The maximum atomic E-state index is 12.9. The predicted octanol–water partition coefficient (Wildman–Crippen LogP) is 2.64. The van der Waals surface area contributed by atoms with Crippen LogP contribution in [-0.2, 0) is 18.4 Å². The maximum absolute atomic E-state index is 12.9. The van der Waals surface area contributed by atoms with Crippen LogP contribution in [-0.4, -0.2) is 41.2 Å². The molecule has 2 heterocycles. The molecule has 0 spiro atoms. The smallest absolute Gasteiger partial charge is 0.295 e. The lowest BCUT2D eigenvalue weighted by Gasteiger charge is -2.07. The number of hydrogen-bond donors (Lipinski definition) is 1. The minimum atomic E-state index is -0.260. The number of tetrazole rings is 1. The molecule has 0 aliphatic rings. The molecule has 10 heteroatoms. The Hall–Kier alpha value is -3.66. The van der Waals surface area contributed by atoms with E-state index in [1.165, 1.54) is 16.4 Å². The SMILES string of the molecule is Cc1c(NC(=O)CCSc2nnnn2Cc2ccccc2)c(=O)n(-c2ccccc2)n1C. The highest BCUT2D eigenvalue weighted by Gasteiger charge is 2.18. The molecule has 0 unspecified atom stereocenters. The molecule has 9 nitrogen and oxygen atoms in total. The Morgan fingerprint density at radius 3 is 2.47 bits per heavy atom. The second-order valence-electron chi connectivity index (χ2n) is 7.19. The Morgan fingerprint density at radius 2 is 1.75 bits per heavy atom. The number of benzene rings is 2. The van der Waals surface area contributed by atoms with E-state index in [-0.39, 0.29) is 17.9 Å². The van der Waals surface area contributed by atoms with Crippen molar-refractivity contribution in [3.05, 3.63) is 82.3 Å². The van der Waals surface area contributed by atoms with Gasteiger partial charge in [0.05, 0.1) is 17.9 Å². The van der Waals surface area contributed by atoms with Crippen LogP contribution in [0.2, 0.25) is 0 Å². The zero-order valence-electron chi connectivity index (χ0n) is 17.8. The molecule has 32 heavy (non-hydrogen) atoms. The van der Waals surface area contributed by atoms with Crippen LogP contribution in [0.15, 0.2) is 70.6 Å². The Bertz CT molecular complexity index is 1260. The van der Waals surface area contributed by atoms with E-state index >= 15 is 0 Å². The third kappa shape index (κ3) is 4.65. The number of anilines is 1. The van der Waals surface area contributed by atoms with Crippen LogP contribution in [0.1, 0.15) is 17.7 Å². The number of amides is 1. The van der Waals surface area contributed by atoms with Gasteiger partial charge in [-0.1, -0.05) is 60.3 Å². The lowest BCUT2D eigenvalue weighted by molar-refractivity contribution is -0.115. The molecule has 0 fully saturated rings. The molecule has 0 atom stereocenters. The average Bonchev–Trinajstić information content (AvgIpc) is 3.32. The molecule has 4 aromatic rings. The Kier molecular flexibility index (Phi) is 6.50. The fourth-order valence-corrected chi connectivity index (χ4v) is 4.12. The molecule has 164 valence electrons. The van der Waals surface area contributed by atoms with Crippen LogP contribution in [0.25, 0.3) is 5.69 Å². The van der Waals surface area contributed by atoms with Gasteiger partial charge in [0.2, 0.25) is 11.1 Å². The van der Waals surface area contributed by atoms with E-state index in [4.69, 9.17) is 0 Å². The second-order valence-corrected chi connectivity index (χ2v) is 8.25. The van der Waals surface area contributed by atoms with E-state index in [2.05, 4.69) is 20.8 Å². The van der Waals surface area contributed by atoms with Crippen molar-refractivity contribution in [3.63, 3.8) is 0 Å². The van der Waals surface area contributed by atoms with Gasteiger partial charge in [0.1, 0.15) is 5.69 Å². The van der Waals surface area contributed by atoms with Crippen LogP contribution in [0, 0.1) is 6.92 Å². The minimum absolute atomic E-state index is 0.224. The average molecular weight is 450 g/mol. The topological polar surface area (TPSA) is 99.6 Å². The molecule has 0 aliphatic carbocycles. The lowest BCUT2D eigenvalue weighted by atomic mass is 10.2. The normalized spacial score (nSPS) is 10.9. The number of carbonyl (C=O) groups excluding carboxylic acids is 1. The van der Waals surface area contributed by atoms with Crippen LogP contribution < -0.4 is 10.9 Å². The number of para-hydroxylation sites is 1. The summed E-state index contributed by atoms with van der Waals surface area (Å²) in [5, 5.41) is 15.2. The molecule has 0 saturated carbocycles. The zero-order valence-corrected chi connectivity index (χ0v) is 18.6. The fourth-order valence-electron chi connectivity index (χ4n) is 3.30.